The molecular weight excluding hydrogens is 236 g/mol. The van der Waals surface area contributed by atoms with Gasteiger partial charge < -0.3 is 4.90 Å². The van der Waals surface area contributed by atoms with Crippen molar-refractivity contribution in [2.24, 2.45) is 5.92 Å². The van der Waals surface area contributed by atoms with E-state index in [1.165, 1.54) is 0 Å². The van der Waals surface area contributed by atoms with Gasteiger partial charge in [0.05, 0.1) is 29.4 Å². The summed E-state index contributed by atoms with van der Waals surface area (Å²) in [6.45, 7) is 9.52. The Labute approximate surface area is 115 Å². The number of rotatable bonds is 5. The number of nitriles is 2. The maximum Gasteiger partial charge on any atom is 0.103 e. The van der Waals surface area contributed by atoms with Crippen LogP contribution in [0.2, 0.25) is 0 Å². The Morgan fingerprint density at radius 2 is 2.00 bits per heavy atom. The van der Waals surface area contributed by atoms with Crippen LogP contribution in [-0.2, 0) is 0 Å². The zero-order chi connectivity index (χ0) is 14.4. The quantitative estimate of drug-likeness (QED) is 0.812. The van der Waals surface area contributed by atoms with Crippen LogP contribution in [0.25, 0.3) is 0 Å². The molecule has 0 amide bonds. The van der Waals surface area contributed by atoms with Crippen LogP contribution >= 0.6 is 0 Å². The minimum absolute atomic E-state index is 0.456. The molecule has 0 spiro atoms. The van der Waals surface area contributed by atoms with Crippen molar-refractivity contribution in [2.75, 3.05) is 18.0 Å². The molecule has 0 radical (unpaired) electrons. The summed E-state index contributed by atoms with van der Waals surface area (Å²) in [5.74, 6) is 0.471. The Hall–Kier alpha value is -2.07. The molecule has 1 aromatic heterocycles. The molecule has 19 heavy (non-hydrogen) atoms. The molecule has 0 aliphatic heterocycles. The van der Waals surface area contributed by atoms with Gasteiger partial charge in [0.2, 0.25) is 0 Å². The van der Waals surface area contributed by atoms with Crippen molar-refractivity contribution in [2.45, 2.75) is 34.1 Å². The highest BCUT2D eigenvalue weighted by Gasteiger charge is 2.15. The summed E-state index contributed by atoms with van der Waals surface area (Å²) in [5, 5.41) is 18.1. The van der Waals surface area contributed by atoms with Gasteiger partial charge in [-0.2, -0.15) is 10.5 Å². The van der Waals surface area contributed by atoms with Crippen LogP contribution in [0.5, 0.6) is 0 Å². The lowest BCUT2D eigenvalue weighted by molar-refractivity contribution is 0.611. The summed E-state index contributed by atoms with van der Waals surface area (Å²) < 4.78 is 0. The first-order chi connectivity index (χ1) is 8.99. The number of aryl methyl sites for hydroxylation is 2. The lowest BCUT2D eigenvalue weighted by atomic mass is 10.1. The fraction of sp³-hybridized carbons (Fsp3) is 0.533. The molecule has 0 aliphatic carbocycles. The monoisotopic (exact) mass is 256 g/mol. The summed E-state index contributed by atoms with van der Waals surface area (Å²) in [6.07, 6.45) is 0.456. The van der Waals surface area contributed by atoms with E-state index in [1.807, 2.05) is 19.9 Å². The van der Waals surface area contributed by atoms with Gasteiger partial charge in [0.1, 0.15) is 6.07 Å². The molecule has 4 nitrogen and oxygen atoms in total. The highest BCUT2D eigenvalue weighted by Crippen LogP contribution is 2.24. The molecule has 100 valence electrons. The van der Waals surface area contributed by atoms with Crippen LogP contribution in [0, 0.1) is 42.4 Å². The summed E-state index contributed by atoms with van der Waals surface area (Å²) in [6, 6.07) is 6.34. The Kier molecular flexibility index (Phi) is 5.33. The lowest BCUT2D eigenvalue weighted by Crippen LogP contribution is -2.29. The maximum atomic E-state index is 9.32. The molecule has 0 fully saturated rings. The summed E-state index contributed by atoms with van der Waals surface area (Å²) in [5.41, 5.74) is 3.17. The van der Waals surface area contributed by atoms with Crippen LogP contribution in [0.1, 0.15) is 37.2 Å². The predicted octanol–water partition coefficient (Wildman–Crippen LogP) is 2.95. The molecule has 0 saturated carbocycles. The van der Waals surface area contributed by atoms with E-state index in [0.29, 0.717) is 24.4 Å². The third-order valence-electron chi connectivity index (χ3n) is 2.84. The third kappa shape index (κ3) is 3.96. The van der Waals surface area contributed by atoms with E-state index in [4.69, 9.17) is 5.26 Å². The van der Waals surface area contributed by atoms with Crippen molar-refractivity contribution in [1.82, 2.24) is 4.98 Å². The molecule has 1 aromatic rings. The van der Waals surface area contributed by atoms with Crippen molar-refractivity contribution in [3.05, 3.63) is 23.0 Å². The standard InChI is InChI=1S/C15H20N4/c1-11(2)10-19(7-5-6-16)15-8-12(3)18-13(4)14(15)9-17/h8,11H,5,7,10H2,1-4H3. The average Bonchev–Trinajstić information content (AvgIpc) is 2.33. The van der Waals surface area contributed by atoms with Gasteiger partial charge in [0, 0.05) is 18.8 Å². The van der Waals surface area contributed by atoms with Crippen molar-refractivity contribution in [3.63, 3.8) is 0 Å². The zero-order valence-electron chi connectivity index (χ0n) is 12.1. The molecule has 4 heteroatoms. The first kappa shape index (κ1) is 15.0. The van der Waals surface area contributed by atoms with E-state index in [0.717, 1.165) is 23.6 Å². The molecular formula is C15H20N4. The van der Waals surface area contributed by atoms with Gasteiger partial charge in [-0.3, -0.25) is 4.98 Å². The molecule has 1 heterocycles. The van der Waals surface area contributed by atoms with E-state index in [9.17, 15) is 5.26 Å². The number of anilines is 1. The van der Waals surface area contributed by atoms with Crippen LogP contribution < -0.4 is 4.90 Å². The molecule has 0 N–H and O–H groups in total. The Bertz CT molecular complexity index is 520. The van der Waals surface area contributed by atoms with Crippen molar-refractivity contribution in [1.29, 1.82) is 10.5 Å². The highest BCUT2D eigenvalue weighted by atomic mass is 15.1. The number of hydrogen-bond acceptors (Lipinski definition) is 4. The van der Waals surface area contributed by atoms with Crippen LogP contribution in [-0.4, -0.2) is 18.1 Å². The second kappa shape index (κ2) is 6.75. The SMILES string of the molecule is Cc1cc(N(CCC#N)CC(C)C)c(C#N)c(C)n1. The van der Waals surface area contributed by atoms with Gasteiger partial charge in [-0.25, -0.2) is 0 Å². The molecule has 0 unspecified atom stereocenters. The highest BCUT2D eigenvalue weighted by molar-refractivity contribution is 5.61. The smallest absolute Gasteiger partial charge is 0.103 e. The molecule has 0 aromatic carbocycles. The maximum absolute atomic E-state index is 9.32. The van der Waals surface area contributed by atoms with E-state index in [-0.39, 0.29) is 0 Å². The molecule has 0 aliphatic rings. The minimum atomic E-state index is 0.456. The second-order valence-corrected chi connectivity index (χ2v) is 5.10. The van der Waals surface area contributed by atoms with Crippen LogP contribution in [0.4, 0.5) is 5.69 Å². The summed E-state index contributed by atoms with van der Waals surface area (Å²) >= 11 is 0. The van der Waals surface area contributed by atoms with Gasteiger partial charge >= 0.3 is 0 Å². The lowest BCUT2D eigenvalue weighted by Gasteiger charge is -2.27. The van der Waals surface area contributed by atoms with Gasteiger partial charge in [0.15, 0.2) is 0 Å². The second-order valence-electron chi connectivity index (χ2n) is 5.10. The zero-order valence-corrected chi connectivity index (χ0v) is 12.1. The normalized spacial score (nSPS) is 10.1. The Morgan fingerprint density at radius 1 is 1.32 bits per heavy atom. The van der Waals surface area contributed by atoms with Crippen molar-refractivity contribution in [3.8, 4) is 12.1 Å². The number of nitrogens with zero attached hydrogens (tertiary/aromatic N) is 4. The first-order valence-corrected chi connectivity index (χ1v) is 6.49. The van der Waals surface area contributed by atoms with E-state index >= 15 is 0 Å². The number of aromatic nitrogens is 1. The number of pyridine rings is 1. The molecule has 0 atom stereocenters. The first-order valence-electron chi connectivity index (χ1n) is 6.49. The van der Waals surface area contributed by atoms with E-state index in [2.05, 4.69) is 35.9 Å². The predicted molar refractivity (Wildman–Crippen MR) is 75.7 cm³/mol. The summed E-state index contributed by atoms with van der Waals surface area (Å²) in [7, 11) is 0. The van der Waals surface area contributed by atoms with Crippen molar-refractivity contribution < 1.29 is 0 Å². The van der Waals surface area contributed by atoms with E-state index in [1.54, 1.807) is 0 Å². The number of hydrogen-bond donors (Lipinski definition) is 0. The minimum Gasteiger partial charge on any atom is -0.369 e. The van der Waals surface area contributed by atoms with Gasteiger partial charge in [0.25, 0.3) is 0 Å². The fourth-order valence-corrected chi connectivity index (χ4v) is 2.13. The van der Waals surface area contributed by atoms with Crippen LogP contribution in [0.15, 0.2) is 6.07 Å². The molecule has 1 rings (SSSR count). The van der Waals surface area contributed by atoms with Gasteiger partial charge in [-0.05, 0) is 25.8 Å². The third-order valence-corrected chi connectivity index (χ3v) is 2.84. The summed E-state index contributed by atoms with van der Waals surface area (Å²) in [4.78, 5) is 6.45. The Balaban J connectivity index is 3.21. The average molecular weight is 256 g/mol. The van der Waals surface area contributed by atoms with Crippen LogP contribution in [0.3, 0.4) is 0 Å². The molecule has 0 saturated heterocycles. The largest absolute Gasteiger partial charge is 0.369 e. The fourth-order valence-electron chi connectivity index (χ4n) is 2.13. The topological polar surface area (TPSA) is 63.7 Å². The molecule has 0 bridgehead atoms. The van der Waals surface area contributed by atoms with E-state index < -0.39 is 0 Å². The van der Waals surface area contributed by atoms with Crippen molar-refractivity contribution >= 4 is 5.69 Å². The van der Waals surface area contributed by atoms with Gasteiger partial charge in [-0.15, -0.1) is 0 Å². The Morgan fingerprint density at radius 3 is 2.53 bits per heavy atom. The van der Waals surface area contributed by atoms with Gasteiger partial charge in [-0.1, -0.05) is 13.8 Å².